The second kappa shape index (κ2) is 12.6. The van der Waals surface area contributed by atoms with Crippen molar-refractivity contribution in [2.75, 3.05) is 38.6 Å². The van der Waals surface area contributed by atoms with E-state index in [9.17, 15) is 34.4 Å². The van der Waals surface area contributed by atoms with Crippen molar-refractivity contribution in [3.05, 3.63) is 52.7 Å². The number of halogens is 4. The molecule has 0 saturated carbocycles. The van der Waals surface area contributed by atoms with Gasteiger partial charge >= 0.3 is 12.1 Å². The van der Waals surface area contributed by atoms with E-state index >= 15 is 0 Å². The Morgan fingerprint density at radius 1 is 1.08 bits per heavy atom. The summed E-state index contributed by atoms with van der Waals surface area (Å²) in [5, 5.41) is 7.12. The van der Waals surface area contributed by atoms with Gasteiger partial charge in [-0.25, -0.2) is 17.6 Å². The molecule has 2 atom stereocenters. The smallest absolute Gasteiger partial charge is 0.475 e. The minimum Gasteiger partial charge on any atom is -0.475 e. The highest BCUT2D eigenvalue weighted by Gasteiger charge is 2.45. The SMILES string of the molecule is NCc1ccc(S(=O)(=O)CC2CC(c3ccc(F)cc3)CN2S(=O)(=O)N2CCOCC2)s1.O=C(O)C(F)(F)F. The van der Waals surface area contributed by atoms with Gasteiger partial charge in [-0.3, -0.25) is 0 Å². The summed E-state index contributed by atoms with van der Waals surface area (Å²) in [6.07, 6.45) is -4.75. The first kappa shape index (κ1) is 31.4. The van der Waals surface area contributed by atoms with E-state index in [1.165, 1.54) is 26.8 Å². The van der Waals surface area contributed by atoms with E-state index in [4.69, 9.17) is 20.4 Å². The number of hydrogen-bond donors (Lipinski definition) is 2. The number of carboxylic acid groups (broad SMARTS) is 1. The van der Waals surface area contributed by atoms with Crippen molar-refractivity contribution in [2.24, 2.45) is 5.73 Å². The first-order chi connectivity index (χ1) is 18.1. The van der Waals surface area contributed by atoms with E-state index in [0.29, 0.717) is 19.6 Å². The topological polar surface area (TPSA) is 147 Å². The summed E-state index contributed by atoms with van der Waals surface area (Å²) in [4.78, 5) is 9.64. The first-order valence-electron chi connectivity index (χ1n) is 11.6. The van der Waals surface area contributed by atoms with E-state index < -0.39 is 38.2 Å². The minimum absolute atomic E-state index is 0.143. The Morgan fingerprint density at radius 2 is 1.67 bits per heavy atom. The van der Waals surface area contributed by atoms with Gasteiger partial charge in [0.2, 0.25) is 0 Å². The first-order valence-corrected chi connectivity index (χ1v) is 15.4. The van der Waals surface area contributed by atoms with Gasteiger partial charge in [-0.1, -0.05) is 12.1 Å². The summed E-state index contributed by atoms with van der Waals surface area (Å²) in [7, 11) is -7.60. The lowest BCUT2D eigenvalue weighted by atomic mass is 9.97. The standard InChI is InChI=1S/C20H26FN3O5S3.C2HF3O2/c21-17-3-1-15(2-4-17)16-11-18(14-31(25,26)20-6-5-19(12-22)30-20)24(13-16)32(27,28)23-7-9-29-10-8-23;3-2(4,5)1(6)7/h1-6,16,18H,7-14,22H2;(H,6,7). The van der Waals surface area contributed by atoms with Gasteiger partial charge in [0.25, 0.3) is 10.2 Å². The number of hydrogen-bond acceptors (Lipinski definition) is 8. The molecule has 1 aromatic heterocycles. The zero-order valence-corrected chi connectivity index (χ0v) is 22.8. The fourth-order valence-electron chi connectivity index (χ4n) is 4.19. The maximum Gasteiger partial charge on any atom is 0.490 e. The second-order valence-electron chi connectivity index (χ2n) is 8.74. The highest BCUT2D eigenvalue weighted by molar-refractivity contribution is 7.93. The van der Waals surface area contributed by atoms with Crippen molar-refractivity contribution in [3.63, 3.8) is 0 Å². The molecule has 10 nitrogen and oxygen atoms in total. The molecule has 17 heteroatoms. The van der Waals surface area contributed by atoms with Crippen LogP contribution < -0.4 is 5.73 Å². The monoisotopic (exact) mass is 617 g/mol. The maximum absolute atomic E-state index is 13.4. The fourth-order valence-corrected chi connectivity index (χ4v) is 9.01. The van der Waals surface area contributed by atoms with E-state index in [1.807, 2.05) is 0 Å². The molecule has 2 aliphatic rings. The molecular formula is C22H27F4N3O7S3. The van der Waals surface area contributed by atoms with Crippen LogP contribution in [0.1, 0.15) is 22.8 Å². The molecular weight excluding hydrogens is 590 g/mol. The third-order valence-electron chi connectivity index (χ3n) is 6.10. The van der Waals surface area contributed by atoms with Crippen LogP contribution in [0.5, 0.6) is 0 Å². The number of alkyl halides is 3. The highest BCUT2D eigenvalue weighted by Crippen LogP contribution is 2.37. The Bertz CT molecular complexity index is 1340. The molecule has 3 N–H and O–H groups in total. The van der Waals surface area contributed by atoms with Crippen LogP contribution in [0, 0.1) is 5.82 Å². The highest BCUT2D eigenvalue weighted by atomic mass is 32.2. The van der Waals surface area contributed by atoms with Crippen LogP contribution in [0.2, 0.25) is 0 Å². The van der Waals surface area contributed by atoms with Crippen LogP contribution in [0.15, 0.2) is 40.6 Å². The summed E-state index contributed by atoms with van der Waals surface area (Å²) in [5.41, 5.74) is 6.40. The predicted molar refractivity (Wildman–Crippen MR) is 134 cm³/mol. The summed E-state index contributed by atoms with van der Waals surface area (Å²) >= 11 is 1.11. The van der Waals surface area contributed by atoms with Gasteiger partial charge in [0.1, 0.15) is 10.0 Å². The maximum atomic E-state index is 13.4. The number of ether oxygens (including phenoxy) is 1. The molecule has 0 amide bonds. The molecule has 0 radical (unpaired) electrons. The van der Waals surface area contributed by atoms with Crippen LogP contribution in [0.25, 0.3) is 0 Å². The molecule has 2 aromatic rings. The van der Waals surface area contributed by atoms with Crippen LogP contribution >= 0.6 is 11.3 Å². The third kappa shape index (κ3) is 7.96. The molecule has 2 saturated heterocycles. The number of carbonyl (C=O) groups is 1. The second-order valence-corrected chi connectivity index (χ2v) is 14.0. The number of benzene rings is 1. The zero-order valence-electron chi connectivity index (χ0n) is 20.4. The lowest BCUT2D eigenvalue weighted by molar-refractivity contribution is -0.192. The van der Waals surface area contributed by atoms with Crippen LogP contribution in [-0.4, -0.2) is 87.3 Å². The van der Waals surface area contributed by atoms with Gasteiger partial charge in [-0.05, 0) is 42.2 Å². The Hall–Kier alpha value is -2.15. The fraction of sp³-hybridized carbons (Fsp3) is 0.500. The largest absolute Gasteiger partial charge is 0.490 e. The van der Waals surface area contributed by atoms with Crippen molar-refractivity contribution >= 4 is 37.4 Å². The predicted octanol–water partition coefficient (Wildman–Crippen LogP) is 2.19. The lowest BCUT2D eigenvalue weighted by Crippen LogP contribution is -2.51. The number of thiophene rings is 1. The van der Waals surface area contributed by atoms with Crippen molar-refractivity contribution < 1.29 is 49.0 Å². The van der Waals surface area contributed by atoms with Crippen molar-refractivity contribution in [1.82, 2.24) is 8.61 Å². The molecule has 218 valence electrons. The lowest BCUT2D eigenvalue weighted by Gasteiger charge is -2.32. The van der Waals surface area contributed by atoms with Crippen LogP contribution in [-0.2, 0) is 36.1 Å². The Balaban J connectivity index is 0.000000532. The third-order valence-corrected chi connectivity index (χ3v) is 11.6. The summed E-state index contributed by atoms with van der Waals surface area (Å²) in [6, 6.07) is 8.39. The molecule has 0 aliphatic carbocycles. The Morgan fingerprint density at radius 3 is 2.18 bits per heavy atom. The van der Waals surface area contributed by atoms with Gasteiger partial charge in [-0.2, -0.15) is 30.2 Å². The number of aliphatic carboxylic acids is 1. The molecule has 2 unspecified atom stereocenters. The Kier molecular flexibility index (Phi) is 10.1. The van der Waals surface area contributed by atoms with Gasteiger partial charge < -0.3 is 15.6 Å². The normalized spacial score (nSPS) is 21.4. The van der Waals surface area contributed by atoms with E-state index in [0.717, 1.165) is 21.8 Å². The molecule has 0 bridgehead atoms. The van der Waals surface area contributed by atoms with Crippen LogP contribution in [0.3, 0.4) is 0 Å². The number of carboxylic acids is 1. The van der Waals surface area contributed by atoms with E-state index in [1.54, 1.807) is 18.2 Å². The average molecular weight is 618 g/mol. The molecule has 2 aliphatic heterocycles. The summed E-state index contributed by atoms with van der Waals surface area (Å²) in [6.45, 7) is 1.44. The van der Waals surface area contributed by atoms with Crippen molar-refractivity contribution in [1.29, 1.82) is 0 Å². The Labute approximate surface area is 227 Å². The van der Waals surface area contributed by atoms with Gasteiger partial charge in [-0.15, -0.1) is 11.3 Å². The number of rotatable bonds is 7. The van der Waals surface area contributed by atoms with Crippen molar-refractivity contribution in [2.45, 2.75) is 35.3 Å². The molecule has 0 spiro atoms. The molecule has 39 heavy (non-hydrogen) atoms. The average Bonchev–Trinajstić information content (AvgIpc) is 3.53. The van der Waals surface area contributed by atoms with Crippen molar-refractivity contribution in [3.8, 4) is 0 Å². The quantitative estimate of drug-likeness (QED) is 0.450. The number of nitrogens with two attached hydrogens (primary N) is 1. The van der Waals surface area contributed by atoms with Crippen LogP contribution in [0.4, 0.5) is 17.6 Å². The molecule has 4 rings (SSSR count). The summed E-state index contributed by atoms with van der Waals surface area (Å²) in [5.74, 6) is -3.68. The molecule has 2 fully saturated rings. The summed E-state index contributed by atoms with van der Waals surface area (Å²) < 4.78 is 106. The number of nitrogens with zero attached hydrogens (tertiary/aromatic N) is 2. The number of morpholine rings is 1. The van der Waals surface area contributed by atoms with E-state index in [-0.39, 0.29) is 47.9 Å². The van der Waals surface area contributed by atoms with Gasteiger partial charge in [0.15, 0.2) is 9.84 Å². The van der Waals surface area contributed by atoms with E-state index in [2.05, 4.69) is 0 Å². The number of sulfone groups is 1. The zero-order chi connectivity index (χ0) is 29.0. The molecule has 1 aromatic carbocycles. The van der Waals surface area contributed by atoms with Gasteiger partial charge in [0.05, 0.1) is 19.0 Å². The minimum atomic E-state index is -5.08. The van der Waals surface area contributed by atoms with Gasteiger partial charge in [0, 0.05) is 37.1 Å². The molecule has 3 heterocycles.